The van der Waals surface area contributed by atoms with E-state index in [4.69, 9.17) is 24.9 Å². The monoisotopic (exact) mass is 701 g/mol. The third-order valence-electron chi connectivity index (χ3n) is 13.8. The standard InChI is InChI=1S/C42H76O4Si2/c1-30(20-21-31(2)41(10,11)44-29-43-13)36-24-25-37-33(19-18-26-42(36,37)12)22-23-34-27-35(45-47(14,15)39(4,5)6)28-38(32(34)3)46-48(16,17)40(7,8)9/h20-23,30-31,35-38H,3,18-19,24-29H2,1-2,4-17H3/b21-20+,33-22+,34-23-/t30-,31+,35-,36-,37+,38+,42-/m1/s1. The van der Waals surface area contributed by atoms with Gasteiger partial charge in [0.25, 0.3) is 0 Å². The Labute approximate surface area is 299 Å². The van der Waals surface area contributed by atoms with E-state index in [2.05, 4.69) is 127 Å². The molecule has 4 nitrogen and oxygen atoms in total. The van der Waals surface area contributed by atoms with Gasteiger partial charge in [-0.25, -0.2) is 0 Å². The molecule has 3 saturated carbocycles. The minimum Gasteiger partial charge on any atom is -0.413 e. The molecule has 276 valence electrons. The highest BCUT2D eigenvalue weighted by Crippen LogP contribution is 2.59. The van der Waals surface area contributed by atoms with Crippen molar-refractivity contribution in [3.8, 4) is 0 Å². The zero-order valence-electron chi connectivity index (χ0n) is 34.3. The second-order valence-corrected chi connectivity index (χ2v) is 29.1. The van der Waals surface area contributed by atoms with Crippen LogP contribution in [0.1, 0.15) is 121 Å². The van der Waals surface area contributed by atoms with Crippen LogP contribution in [0.25, 0.3) is 0 Å². The maximum Gasteiger partial charge on any atom is 0.192 e. The van der Waals surface area contributed by atoms with Crippen molar-refractivity contribution in [2.45, 2.75) is 175 Å². The molecule has 0 radical (unpaired) electrons. The number of rotatable bonds is 12. The zero-order valence-corrected chi connectivity index (χ0v) is 36.3. The molecule has 3 aliphatic carbocycles. The third-order valence-corrected chi connectivity index (χ3v) is 22.8. The normalized spacial score (nSPS) is 31.1. The van der Waals surface area contributed by atoms with Crippen molar-refractivity contribution in [3.63, 3.8) is 0 Å². The molecule has 0 N–H and O–H groups in total. The zero-order chi connectivity index (χ0) is 36.5. The first-order valence-electron chi connectivity index (χ1n) is 19.1. The van der Waals surface area contributed by atoms with Crippen LogP contribution in [0.15, 0.2) is 47.6 Å². The molecule has 0 aromatic heterocycles. The van der Waals surface area contributed by atoms with E-state index >= 15 is 0 Å². The molecule has 0 aromatic rings. The first-order valence-corrected chi connectivity index (χ1v) is 24.9. The van der Waals surface area contributed by atoms with Crippen molar-refractivity contribution in [2.75, 3.05) is 13.9 Å². The Morgan fingerprint density at radius 2 is 1.50 bits per heavy atom. The lowest BCUT2D eigenvalue weighted by Crippen LogP contribution is -2.49. The number of hydrogen-bond acceptors (Lipinski definition) is 4. The molecule has 3 aliphatic rings. The molecule has 3 fully saturated rings. The van der Waals surface area contributed by atoms with Gasteiger partial charge in [-0.05, 0) is 123 Å². The molecule has 3 rings (SSSR count). The van der Waals surface area contributed by atoms with E-state index in [9.17, 15) is 0 Å². The van der Waals surface area contributed by atoms with Crippen LogP contribution in [0.4, 0.5) is 0 Å². The van der Waals surface area contributed by atoms with Crippen molar-refractivity contribution >= 4 is 16.6 Å². The lowest BCUT2D eigenvalue weighted by Gasteiger charge is -2.45. The first kappa shape index (κ1) is 41.7. The van der Waals surface area contributed by atoms with Gasteiger partial charge in [0.2, 0.25) is 0 Å². The molecule has 48 heavy (non-hydrogen) atoms. The molecule has 0 saturated heterocycles. The van der Waals surface area contributed by atoms with Crippen LogP contribution in [0.2, 0.25) is 36.3 Å². The second-order valence-electron chi connectivity index (χ2n) is 19.5. The Morgan fingerprint density at radius 3 is 2.08 bits per heavy atom. The fourth-order valence-electron chi connectivity index (χ4n) is 7.96. The fraction of sp³-hybridized carbons (Fsp3) is 0.810. The maximum atomic E-state index is 7.11. The minimum absolute atomic E-state index is 0.0199. The van der Waals surface area contributed by atoms with Crippen LogP contribution in [0.3, 0.4) is 0 Å². The topological polar surface area (TPSA) is 36.9 Å². The van der Waals surface area contributed by atoms with E-state index < -0.39 is 16.6 Å². The summed E-state index contributed by atoms with van der Waals surface area (Å²) in [4.78, 5) is 0. The predicted octanol–water partition coefficient (Wildman–Crippen LogP) is 12.4. The largest absolute Gasteiger partial charge is 0.413 e. The molecular formula is C42H76O4Si2. The predicted molar refractivity (Wildman–Crippen MR) is 211 cm³/mol. The van der Waals surface area contributed by atoms with Crippen molar-refractivity contribution < 1.29 is 18.3 Å². The Hall–Kier alpha value is -0.766. The van der Waals surface area contributed by atoms with E-state index in [1.54, 1.807) is 12.7 Å². The van der Waals surface area contributed by atoms with Gasteiger partial charge in [-0.15, -0.1) is 0 Å². The van der Waals surface area contributed by atoms with Gasteiger partial charge in [-0.1, -0.05) is 98.8 Å². The van der Waals surface area contributed by atoms with Gasteiger partial charge < -0.3 is 18.3 Å². The van der Waals surface area contributed by atoms with Gasteiger partial charge in [0.1, 0.15) is 6.79 Å². The Balaban J connectivity index is 1.87. The van der Waals surface area contributed by atoms with Crippen molar-refractivity contribution in [3.05, 3.63) is 47.6 Å². The van der Waals surface area contributed by atoms with Crippen molar-refractivity contribution in [1.29, 1.82) is 0 Å². The van der Waals surface area contributed by atoms with Crippen LogP contribution < -0.4 is 0 Å². The molecule has 6 heteroatoms. The summed E-state index contributed by atoms with van der Waals surface area (Å²) < 4.78 is 25.4. The summed E-state index contributed by atoms with van der Waals surface area (Å²) in [6, 6.07) is 0. The molecule has 0 spiro atoms. The molecule has 0 heterocycles. The molecule has 0 aromatic carbocycles. The molecule has 0 unspecified atom stereocenters. The summed E-state index contributed by atoms with van der Waals surface area (Å²) >= 11 is 0. The van der Waals surface area contributed by atoms with E-state index in [0.717, 1.165) is 12.8 Å². The van der Waals surface area contributed by atoms with E-state index in [1.807, 2.05) is 0 Å². The quantitative estimate of drug-likeness (QED) is 0.115. The lowest BCUT2D eigenvalue weighted by molar-refractivity contribution is -0.128. The van der Waals surface area contributed by atoms with Gasteiger partial charge >= 0.3 is 0 Å². The molecule has 0 aliphatic heterocycles. The maximum absolute atomic E-state index is 7.11. The summed E-state index contributed by atoms with van der Waals surface area (Å²) in [6.45, 7) is 40.2. The van der Waals surface area contributed by atoms with Crippen molar-refractivity contribution in [1.82, 2.24) is 0 Å². The molecular weight excluding hydrogens is 625 g/mol. The van der Waals surface area contributed by atoms with E-state index in [0.29, 0.717) is 35.9 Å². The molecule has 7 atom stereocenters. The highest BCUT2D eigenvalue weighted by molar-refractivity contribution is 6.74. The summed E-state index contributed by atoms with van der Waals surface area (Å²) in [6.07, 6.45) is 18.3. The highest BCUT2D eigenvalue weighted by Gasteiger charge is 2.50. The highest BCUT2D eigenvalue weighted by atomic mass is 28.4. The Morgan fingerprint density at radius 1 is 0.896 bits per heavy atom. The summed E-state index contributed by atoms with van der Waals surface area (Å²) in [5, 5.41) is 0.323. The molecule has 0 bridgehead atoms. The number of allylic oxidation sites excluding steroid dienone is 4. The lowest BCUT2D eigenvalue weighted by atomic mass is 9.61. The minimum atomic E-state index is -1.99. The first-order chi connectivity index (χ1) is 21.9. The van der Waals surface area contributed by atoms with Crippen LogP contribution in [-0.4, -0.2) is 48.3 Å². The number of ether oxygens (including phenoxy) is 2. The average Bonchev–Trinajstić information content (AvgIpc) is 3.31. The molecule has 0 amide bonds. The van der Waals surface area contributed by atoms with E-state index in [-0.39, 0.29) is 27.9 Å². The number of fused-ring (bicyclic) bond motifs is 1. The van der Waals surface area contributed by atoms with Crippen molar-refractivity contribution in [2.24, 2.45) is 29.1 Å². The van der Waals surface area contributed by atoms with Gasteiger partial charge in [0.05, 0.1) is 17.8 Å². The van der Waals surface area contributed by atoms with E-state index in [1.165, 1.54) is 43.3 Å². The number of hydrogen-bond donors (Lipinski definition) is 0. The fourth-order valence-corrected chi connectivity index (χ4v) is 10.6. The van der Waals surface area contributed by atoms with Crippen LogP contribution in [0, 0.1) is 29.1 Å². The second kappa shape index (κ2) is 15.5. The Kier molecular flexibility index (Phi) is 13.4. The average molecular weight is 701 g/mol. The summed E-state index contributed by atoms with van der Waals surface area (Å²) in [5.74, 6) is 2.20. The summed E-state index contributed by atoms with van der Waals surface area (Å²) in [5.41, 5.74) is 4.25. The third kappa shape index (κ3) is 9.56. The van der Waals surface area contributed by atoms with Gasteiger partial charge in [-0.3, -0.25) is 0 Å². The van der Waals surface area contributed by atoms with Gasteiger partial charge in [0.15, 0.2) is 16.6 Å². The van der Waals surface area contributed by atoms with Gasteiger partial charge in [0, 0.05) is 19.4 Å². The van der Waals surface area contributed by atoms with Crippen LogP contribution in [0.5, 0.6) is 0 Å². The SMILES string of the molecule is C=C1/C(=C\C=C2/CCC[C@]3(C)[C@@H]([C@H](C)/C=C/[C@H](C)C(C)(C)OCOC)CC[C@@H]23)C[C@@H](O[Si](C)(C)C(C)(C)C)C[C@@H]1O[Si](C)(C)C(C)(C)C. The van der Waals surface area contributed by atoms with Gasteiger partial charge in [-0.2, -0.15) is 0 Å². The van der Waals surface area contributed by atoms with Crippen LogP contribution >= 0.6 is 0 Å². The van der Waals surface area contributed by atoms with Crippen LogP contribution in [-0.2, 0) is 18.3 Å². The summed E-state index contributed by atoms with van der Waals surface area (Å²) in [7, 11) is -2.23. The Bertz CT molecular complexity index is 1200. The number of methoxy groups -OCH3 is 1. The smallest absolute Gasteiger partial charge is 0.192 e.